The molecule has 1 aliphatic rings. The molecule has 0 amide bonds. The van der Waals surface area contributed by atoms with Gasteiger partial charge < -0.3 is 14.4 Å². The first-order valence-electron chi connectivity index (χ1n) is 7.85. The summed E-state index contributed by atoms with van der Waals surface area (Å²) in [7, 11) is 0. The van der Waals surface area contributed by atoms with Gasteiger partial charge in [-0.05, 0) is 50.6 Å². The molecule has 1 saturated heterocycles. The van der Waals surface area contributed by atoms with Crippen LogP contribution in [0, 0.1) is 6.92 Å². The molecule has 1 aromatic heterocycles. The standard InChI is InChI=1S/C17H21ClN2O3/c1-12-9-17(23-19-12)16-3-2-8-20(16)10-14(21)11-22-15-6-4-13(18)5-7-15/h4-7,9,14,16,21H,2-3,8,10-11H2,1H3/t14-,16-/m1/s1. The van der Waals surface area contributed by atoms with Crippen molar-refractivity contribution in [1.29, 1.82) is 0 Å². The van der Waals surface area contributed by atoms with Gasteiger partial charge in [0.25, 0.3) is 0 Å². The summed E-state index contributed by atoms with van der Waals surface area (Å²) in [4.78, 5) is 2.23. The molecule has 0 saturated carbocycles. The SMILES string of the molecule is Cc1cc([C@H]2CCCN2C[C@@H](O)COc2ccc(Cl)cc2)on1. The molecule has 0 radical (unpaired) electrons. The summed E-state index contributed by atoms with van der Waals surface area (Å²) in [5.74, 6) is 1.59. The highest BCUT2D eigenvalue weighted by Gasteiger charge is 2.30. The number of aryl methyl sites for hydroxylation is 1. The van der Waals surface area contributed by atoms with Crippen LogP contribution in [-0.4, -0.2) is 41.0 Å². The van der Waals surface area contributed by atoms with Crippen LogP contribution in [0.5, 0.6) is 5.75 Å². The van der Waals surface area contributed by atoms with Gasteiger partial charge in [0.2, 0.25) is 0 Å². The van der Waals surface area contributed by atoms with Gasteiger partial charge in [-0.15, -0.1) is 0 Å². The maximum Gasteiger partial charge on any atom is 0.154 e. The van der Waals surface area contributed by atoms with E-state index in [1.807, 2.05) is 13.0 Å². The predicted octanol–water partition coefficient (Wildman–Crippen LogP) is 3.21. The minimum Gasteiger partial charge on any atom is -0.491 e. The molecule has 1 N–H and O–H groups in total. The van der Waals surface area contributed by atoms with Gasteiger partial charge in [0, 0.05) is 17.6 Å². The van der Waals surface area contributed by atoms with Crippen molar-refractivity contribution in [3.05, 3.63) is 46.8 Å². The van der Waals surface area contributed by atoms with Crippen molar-refractivity contribution in [2.75, 3.05) is 19.7 Å². The Morgan fingerprint density at radius 1 is 1.43 bits per heavy atom. The lowest BCUT2D eigenvalue weighted by atomic mass is 10.1. The number of aromatic nitrogens is 1. The van der Waals surface area contributed by atoms with E-state index in [1.165, 1.54) is 0 Å². The molecule has 0 bridgehead atoms. The molecule has 3 rings (SSSR count). The number of benzene rings is 1. The molecule has 2 aromatic rings. The van der Waals surface area contributed by atoms with Gasteiger partial charge in [-0.25, -0.2) is 0 Å². The Labute approximate surface area is 140 Å². The number of likely N-dealkylation sites (tertiary alicyclic amines) is 1. The Morgan fingerprint density at radius 3 is 2.91 bits per heavy atom. The van der Waals surface area contributed by atoms with Crippen LogP contribution in [0.4, 0.5) is 0 Å². The number of nitrogens with zero attached hydrogens (tertiary/aromatic N) is 2. The average Bonchev–Trinajstić information content (AvgIpc) is 3.15. The molecular formula is C17H21ClN2O3. The quantitative estimate of drug-likeness (QED) is 0.877. The number of ether oxygens (including phenoxy) is 1. The van der Waals surface area contributed by atoms with Gasteiger partial charge in [0.1, 0.15) is 18.5 Å². The molecule has 1 aromatic carbocycles. The van der Waals surface area contributed by atoms with Crippen molar-refractivity contribution in [1.82, 2.24) is 10.1 Å². The third kappa shape index (κ3) is 4.25. The zero-order valence-electron chi connectivity index (χ0n) is 13.1. The minimum absolute atomic E-state index is 0.196. The van der Waals surface area contributed by atoms with E-state index in [0.717, 1.165) is 30.8 Å². The maximum absolute atomic E-state index is 10.3. The molecule has 1 aliphatic heterocycles. The van der Waals surface area contributed by atoms with Gasteiger partial charge >= 0.3 is 0 Å². The second kappa shape index (κ2) is 7.34. The second-order valence-corrected chi connectivity index (χ2v) is 6.38. The van der Waals surface area contributed by atoms with Crippen molar-refractivity contribution in [3.8, 4) is 5.75 Å². The van der Waals surface area contributed by atoms with E-state index in [2.05, 4.69) is 10.1 Å². The van der Waals surface area contributed by atoms with Crippen LogP contribution >= 0.6 is 11.6 Å². The fourth-order valence-corrected chi connectivity index (χ4v) is 3.08. The lowest BCUT2D eigenvalue weighted by molar-refractivity contribution is 0.0598. The molecule has 2 atom stereocenters. The van der Waals surface area contributed by atoms with Crippen LogP contribution in [0.15, 0.2) is 34.9 Å². The van der Waals surface area contributed by atoms with E-state index in [0.29, 0.717) is 17.3 Å². The monoisotopic (exact) mass is 336 g/mol. The third-order valence-electron chi connectivity index (χ3n) is 4.04. The molecular weight excluding hydrogens is 316 g/mol. The van der Waals surface area contributed by atoms with Gasteiger partial charge in [-0.2, -0.15) is 0 Å². The lowest BCUT2D eigenvalue weighted by Crippen LogP contribution is -2.35. The Bertz CT molecular complexity index is 629. The molecule has 5 nitrogen and oxygen atoms in total. The Kier molecular flexibility index (Phi) is 5.20. The fourth-order valence-electron chi connectivity index (χ4n) is 2.95. The highest BCUT2D eigenvalue weighted by molar-refractivity contribution is 6.30. The Morgan fingerprint density at radius 2 is 2.22 bits per heavy atom. The third-order valence-corrected chi connectivity index (χ3v) is 4.29. The number of hydrogen-bond acceptors (Lipinski definition) is 5. The largest absolute Gasteiger partial charge is 0.491 e. The van der Waals surface area contributed by atoms with Crippen LogP contribution in [0.2, 0.25) is 5.02 Å². The highest BCUT2D eigenvalue weighted by Crippen LogP contribution is 2.32. The summed E-state index contributed by atoms with van der Waals surface area (Å²) in [6, 6.07) is 9.30. The van der Waals surface area contributed by atoms with E-state index in [-0.39, 0.29) is 12.6 Å². The first kappa shape index (κ1) is 16.3. The molecule has 2 heterocycles. The molecule has 0 unspecified atom stereocenters. The van der Waals surface area contributed by atoms with E-state index in [4.69, 9.17) is 20.9 Å². The van der Waals surface area contributed by atoms with Crippen LogP contribution in [0.25, 0.3) is 0 Å². The van der Waals surface area contributed by atoms with Crippen LogP contribution in [0.1, 0.15) is 30.3 Å². The smallest absolute Gasteiger partial charge is 0.154 e. The van der Waals surface area contributed by atoms with Gasteiger partial charge in [-0.1, -0.05) is 16.8 Å². The maximum atomic E-state index is 10.3. The first-order chi connectivity index (χ1) is 11.1. The fraction of sp³-hybridized carbons (Fsp3) is 0.471. The molecule has 6 heteroatoms. The number of β-amino-alcohol motifs (C(OH)–C–C–N with tert-alkyl or cyclic N) is 1. The van der Waals surface area contributed by atoms with Crippen molar-refractivity contribution in [2.45, 2.75) is 31.9 Å². The molecule has 0 aliphatic carbocycles. The molecule has 23 heavy (non-hydrogen) atoms. The first-order valence-corrected chi connectivity index (χ1v) is 8.23. The predicted molar refractivity (Wildman–Crippen MR) is 87.7 cm³/mol. The molecule has 124 valence electrons. The number of aliphatic hydroxyl groups excluding tert-OH is 1. The van der Waals surface area contributed by atoms with E-state index >= 15 is 0 Å². The van der Waals surface area contributed by atoms with Gasteiger partial charge in [-0.3, -0.25) is 4.90 Å². The van der Waals surface area contributed by atoms with Gasteiger partial charge in [0.15, 0.2) is 5.76 Å². The highest BCUT2D eigenvalue weighted by atomic mass is 35.5. The summed E-state index contributed by atoms with van der Waals surface area (Å²) in [6.07, 6.45) is 1.56. The van der Waals surface area contributed by atoms with Crippen molar-refractivity contribution >= 4 is 11.6 Å². The lowest BCUT2D eigenvalue weighted by Gasteiger charge is -2.25. The van der Waals surface area contributed by atoms with Crippen LogP contribution in [0.3, 0.4) is 0 Å². The number of rotatable bonds is 6. The van der Waals surface area contributed by atoms with Crippen molar-refractivity contribution < 1.29 is 14.4 Å². The second-order valence-electron chi connectivity index (χ2n) is 5.94. The molecule has 1 fully saturated rings. The number of aliphatic hydroxyl groups is 1. The van der Waals surface area contributed by atoms with Crippen LogP contribution < -0.4 is 4.74 Å². The number of hydrogen-bond donors (Lipinski definition) is 1. The summed E-state index contributed by atoms with van der Waals surface area (Å²) in [5, 5.41) is 14.9. The van der Waals surface area contributed by atoms with E-state index in [9.17, 15) is 5.11 Å². The van der Waals surface area contributed by atoms with E-state index in [1.54, 1.807) is 24.3 Å². The minimum atomic E-state index is -0.560. The van der Waals surface area contributed by atoms with Crippen LogP contribution in [-0.2, 0) is 0 Å². The Balaban J connectivity index is 1.52. The average molecular weight is 337 g/mol. The zero-order valence-corrected chi connectivity index (χ0v) is 13.9. The van der Waals surface area contributed by atoms with Crippen molar-refractivity contribution in [2.24, 2.45) is 0 Å². The number of halogens is 1. The normalized spacial score (nSPS) is 19.9. The summed E-state index contributed by atoms with van der Waals surface area (Å²) in [6.45, 7) is 3.67. The molecule has 0 spiro atoms. The summed E-state index contributed by atoms with van der Waals surface area (Å²) in [5.41, 5.74) is 0.887. The van der Waals surface area contributed by atoms with Gasteiger partial charge in [0.05, 0.1) is 11.7 Å². The summed E-state index contributed by atoms with van der Waals surface area (Å²) < 4.78 is 11.0. The van der Waals surface area contributed by atoms with Crippen molar-refractivity contribution in [3.63, 3.8) is 0 Å². The zero-order chi connectivity index (χ0) is 16.2. The topological polar surface area (TPSA) is 58.7 Å². The summed E-state index contributed by atoms with van der Waals surface area (Å²) >= 11 is 5.84. The Hall–Kier alpha value is -1.56. The van der Waals surface area contributed by atoms with E-state index < -0.39 is 6.10 Å².